The molecule has 3 saturated carbocycles. The Balaban J connectivity index is 1.10. The average Bonchev–Trinajstić information content (AvgIpc) is 3.44. The lowest BCUT2D eigenvalue weighted by Crippen LogP contribution is -2.51. The van der Waals surface area contributed by atoms with Gasteiger partial charge in [0.1, 0.15) is 0 Å². The molecule has 0 amide bonds. The van der Waals surface area contributed by atoms with Gasteiger partial charge in [-0.25, -0.2) is 0 Å². The van der Waals surface area contributed by atoms with E-state index in [1.807, 2.05) is 0 Å². The standard InChI is InChI=1S/C46H83NO3/c1-9-10-11-12-13-14-15-16-30-48-34-39(47(7)8)35-49-31-17-18-32-50-40-26-28-45(5)38(33-40)22-23-41-43-25-24-42(37(4)21-19-20-36(2)3)46(43,6)29-27-44(41)45/h13-14,22,36-37,39-44H,9-12,15-21,23-35H2,1-8H3/b14-13-/t37-,39+,40+,41?,42-,43?,44?,45+,46-/m1/s1. The molecular weight excluding hydrogens is 615 g/mol. The summed E-state index contributed by atoms with van der Waals surface area (Å²) in [5, 5.41) is 0. The summed E-state index contributed by atoms with van der Waals surface area (Å²) in [7, 11) is 4.27. The second kappa shape index (κ2) is 21.3. The van der Waals surface area contributed by atoms with Crippen molar-refractivity contribution in [2.75, 3.05) is 47.1 Å². The second-order valence-corrected chi connectivity index (χ2v) is 18.6. The van der Waals surface area contributed by atoms with Crippen LogP contribution in [0.25, 0.3) is 0 Å². The van der Waals surface area contributed by atoms with Crippen LogP contribution in [0.15, 0.2) is 23.8 Å². The predicted octanol–water partition coefficient (Wildman–Crippen LogP) is 12.1. The Morgan fingerprint density at radius 2 is 1.52 bits per heavy atom. The van der Waals surface area contributed by atoms with E-state index >= 15 is 0 Å². The van der Waals surface area contributed by atoms with Crippen molar-refractivity contribution in [3.8, 4) is 0 Å². The van der Waals surface area contributed by atoms with Crippen LogP contribution in [0.4, 0.5) is 0 Å². The Morgan fingerprint density at radius 1 is 0.800 bits per heavy atom. The smallest absolute Gasteiger partial charge is 0.0644 e. The van der Waals surface area contributed by atoms with Crippen LogP contribution in [-0.2, 0) is 14.2 Å². The zero-order chi connectivity index (χ0) is 36.0. The van der Waals surface area contributed by atoms with Crippen LogP contribution in [0.3, 0.4) is 0 Å². The van der Waals surface area contributed by atoms with Gasteiger partial charge >= 0.3 is 0 Å². The number of fused-ring (bicyclic) bond motifs is 5. The topological polar surface area (TPSA) is 30.9 Å². The van der Waals surface area contributed by atoms with Crippen LogP contribution in [0, 0.1) is 46.3 Å². The fraction of sp³-hybridized carbons (Fsp3) is 0.913. The minimum absolute atomic E-state index is 0.312. The Morgan fingerprint density at radius 3 is 2.24 bits per heavy atom. The SMILES string of the molecule is CCCCC/C=C\CCCOC[C@@H](COCCCCO[C@H]1CC[C@@]2(C)C(=CCC3C2CC[C@@]2(C)C3CC[C@@H]2[C@H](C)CCCC(C)C)C1)N(C)C. The van der Waals surface area contributed by atoms with E-state index in [1.165, 1.54) is 96.3 Å². The molecule has 0 heterocycles. The van der Waals surface area contributed by atoms with E-state index < -0.39 is 0 Å². The number of allylic oxidation sites excluding steroid dienone is 3. The van der Waals surface area contributed by atoms with E-state index in [0.29, 0.717) is 23.0 Å². The molecule has 4 nitrogen and oxygen atoms in total. The number of hydrogen-bond donors (Lipinski definition) is 0. The van der Waals surface area contributed by atoms with Crippen LogP contribution in [0.5, 0.6) is 0 Å². The van der Waals surface area contributed by atoms with Gasteiger partial charge in [-0.1, -0.05) is 97.4 Å². The first kappa shape index (κ1) is 42.1. The highest BCUT2D eigenvalue weighted by atomic mass is 16.5. The van der Waals surface area contributed by atoms with Gasteiger partial charge in [0.05, 0.1) is 25.4 Å². The van der Waals surface area contributed by atoms with E-state index in [1.54, 1.807) is 5.57 Å². The van der Waals surface area contributed by atoms with E-state index in [2.05, 4.69) is 78.8 Å². The van der Waals surface area contributed by atoms with Crippen LogP contribution >= 0.6 is 0 Å². The minimum atomic E-state index is 0.312. The van der Waals surface area contributed by atoms with E-state index in [0.717, 1.165) is 94.2 Å². The molecule has 0 N–H and O–H groups in total. The molecule has 4 aliphatic rings. The van der Waals surface area contributed by atoms with Gasteiger partial charge < -0.3 is 19.1 Å². The van der Waals surface area contributed by atoms with Crippen LogP contribution < -0.4 is 0 Å². The largest absolute Gasteiger partial charge is 0.380 e. The van der Waals surface area contributed by atoms with Crippen molar-refractivity contribution < 1.29 is 14.2 Å². The third-order valence-electron chi connectivity index (χ3n) is 14.4. The van der Waals surface area contributed by atoms with Crippen molar-refractivity contribution in [3.63, 3.8) is 0 Å². The molecule has 0 aliphatic heterocycles. The monoisotopic (exact) mass is 698 g/mol. The highest BCUT2D eigenvalue weighted by Crippen LogP contribution is 2.67. The highest BCUT2D eigenvalue weighted by Gasteiger charge is 2.59. The highest BCUT2D eigenvalue weighted by molar-refractivity contribution is 5.25. The second-order valence-electron chi connectivity index (χ2n) is 18.6. The maximum absolute atomic E-state index is 6.54. The van der Waals surface area contributed by atoms with E-state index in [9.17, 15) is 0 Å². The minimum Gasteiger partial charge on any atom is -0.380 e. The third kappa shape index (κ3) is 11.7. The molecule has 0 radical (unpaired) electrons. The van der Waals surface area contributed by atoms with E-state index in [4.69, 9.17) is 14.2 Å². The van der Waals surface area contributed by atoms with E-state index in [-0.39, 0.29) is 0 Å². The fourth-order valence-corrected chi connectivity index (χ4v) is 11.2. The van der Waals surface area contributed by atoms with Gasteiger partial charge in [-0.2, -0.15) is 0 Å². The van der Waals surface area contributed by atoms with Crippen molar-refractivity contribution in [1.82, 2.24) is 4.90 Å². The first-order chi connectivity index (χ1) is 24.1. The summed E-state index contributed by atoms with van der Waals surface area (Å²) < 4.78 is 18.7. The molecular formula is C46H83NO3. The zero-order valence-electron chi connectivity index (χ0n) is 34.5. The molecule has 4 aliphatic carbocycles. The maximum Gasteiger partial charge on any atom is 0.0644 e. The molecule has 0 bridgehead atoms. The summed E-state index contributed by atoms with van der Waals surface area (Å²) in [6.45, 7) is 19.0. The summed E-state index contributed by atoms with van der Waals surface area (Å²) in [4.78, 5) is 2.24. The predicted molar refractivity (Wildman–Crippen MR) is 214 cm³/mol. The summed E-state index contributed by atoms with van der Waals surface area (Å²) in [6.07, 6.45) is 32.6. The van der Waals surface area contributed by atoms with Crippen molar-refractivity contribution in [1.29, 1.82) is 0 Å². The normalized spacial score (nSPS) is 32.3. The van der Waals surface area contributed by atoms with Gasteiger partial charge in [-0.3, -0.25) is 0 Å². The zero-order valence-corrected chi connectivity index (χ0v) is 34.5. The van der Waals surface area contributed by atoms with Gasteiger partial charge in [0.15, 0.2) is 0 Å². The Hall–Kier alpha value is -0.680. The molecule has 4 heteroatoms. The molecule has 290 valence electrons. The Bertz CT molecular complexity index is 1010. The van der Waals surface area contributed by atoms with Crippen LogP contribution in [0.1, 0.15) is 164 Å². The van der Waals surface area contributed by atoms with Gasteiger partial charge in [0.25, 0.3) is 0 Å². The van der Waals surface area contributed by atoms with Gasteiger partial charge in [0, 0.05) is 19.8 Å². The Kier molecular flexibility index (Phi) is 17.9. The summed E-state index contributed by atoms with van der Waals surface area (Å²) in [6, 6.07) is 0.312. The molecule has 0 aromatic heterocycles. The summed E-state index contributed by atoms with van der Waals surface area (Å²) in [5.74, 6) is 5.45. The number of unbranched alkanes of at least 4 members (excludes halogenated alkanes) is 5. The molecule has 50 heavy (non-hydrogen) atoms. The first-order valence-corrected chi connectivity index (χ1v) is 21.9. The first-order valence-electron chi connectivity index (χ1n) is 21.9. The number of ether oxygens (including phenoxy) is 3. The lowest BCUT2D eigenvalue weighted by atomic mass is 9.47. The quantitative estimate of drug-likeness (QED) is 0.0742. The maximum atomic E-state index is 6.54. The van der Waals surface area contributed by atoms with Crippen LogP contribution in [-0.4, -0.2) is 64.2 Å². The average molecular weight is 698 g/mol. The number of nitrogens with zero attached hydrogens (tertiary/aromatic N) is 1. The molecule has 3 unspecified atom stereocenters. The molecule has 0 aromatic rings. The van der Waals surface area contributed by atoms with Gasteiger partial charge in [0.2, 0.25) is 0 Å². The molecule has 0 aromatic carbocycles. The lowest BCUT2D eigenvalue weighted by molar-refractivity contribution is -0.0643. The van der Waals surface area contributed by atoms with Crippen LogP contribution in [0.2, 0.25) is 0 Å². The molecule has 4 rings (SSSR count). The summed E-state index contributed by atoms with van der Waals surface area (Å²) >= 11 is 0. The van der Waals surface area contributed by atoms with Crippen molar-refractivity contribution in [3.05, 3.63) is 23.8 Å². The number of rotatable bonds is 24. The van der Waals surface area contributed by atoms with Crippen molar-refractivity contribution in [2.24, 2.45) is 46.3 Å². The summed E-state index contributed by atoms with van der Waals surface area (Å²) in [5.41, 5.74) is 2.75. The molecule has 0 saturated heterocycles. The van der Waals surface area contributed by atoms with Crippen molar-refractivity contribution in [2.45, 2.75) is 176 Å². The van der Waals surface area contributed by atoms with Gasteiger partial charge in [-0.15, -0.1) is 0 Å². The Labute approximate surface area is 311 Å². The molecule has 0 spiro atoms. The molecule has 9 atom stereocenters. The number of hydrogen-bond acceptors (Lipinski definition) is 4. The lowest BCUT2D eigenvalue weighted by Gasteiger charge is -2.58. The van der Waals surface area contributed by atoms with Gasteiger partial charge in [-0.05, 0) is 150 Å². The fourth-order valence-electron chi connectivity index (χ4n) is 11.2. The van der Waals surface area contributed by atoms with Crippen molar-refractivity contribution >= 4 is 0 Å². The molecule has 3 fully saturated rings. The third-order valence-corrected chi connectivity index (χ3v) is 14.4. The number of likely N-dealkylation sites (N-methyl/N-ethyl adjacent to an activating group) is 1.